The van der Waals surface area contributed by atoms with Crippen LogP contribution < -0.4 is 4.72 Å². The van der Waals surface area contributed by atoms with Gasteiger partial charge in [-0.2, -0.15) is 0 Å². The van der Waals surface area contributed by atoms with Gasteiger partial charge in [0.05, 0.1) is 16.2 Å². The molecule has 1 atom stereocenters. The van der Waals surface area contributed by atoms with Crippen molar-refractivity contribution in [1.29, 1.82) is 0 Å². The molecule has 0 aliphatic rings. The van der Waals surface area contributed by atoms with Gasteiger partial charge in [0.15, 0.2) is 0 Å². The number of pyridine rings is 1. The molecule has 1 aromatic heterocycles. The van der Waals surface area contributed by atoms with Crippen LogP contribution in [-0.4, -0.2) is 23.9 Å². The molecule has 3 rings (SSSR count). The minimum Gasteiger partial charge on any atom is -0.280 e. The van der Waals surface area contributed by atoms with Crippen molar-refractivity contribution in [3.05, 3.63) is 59.8 Å². The number of benzene rings is 2. The molecule has 0 radical (unpaired) electrons. The smallest absolute Gasteiger partial charge is 0.264 e. The molecule has 124 valence electrons. The number of nitrogens with zero attached hydrogens (tertiary/aromatic N) is 1. The lowest BCUT2D eigenvalue weighted by atomic mass is 10.2. The summed E-state index contributed by atoms with van der Waals surface area (Å²) in [5, 5.41) is 0.992. The Kier molecular flexibility index (Phi) is 4.58. The lowest BCUT2D eigenvalue weighted by Gasteiger charge is -2.11. The number of para-hydroxylation sites is 1. The van der Waals surface area contributed by atoms with Gasteiger partial charge in [-0.1, -0.05) is 29.8 Å². The molecule has 0 saturated carbocycles. The van der Waals surface area contributed by atoms with E-state index >= 15 is 0 Å². The predicted octanol–water partition coefficient (Wildman–Crippen LogP) is 3.43. The second-order valence-corrected chi connectivity index (χ2v) is 8.47. The number of sulfonamides is 1. The van der Waals surface area contributed by atoms with E-state index in [9.17, 15) is 12.6 Å². The van der Waals surface area contributed by atoms with E-state index in [0.29, 0.717) is 26.5 Å². The number of rotatable bonds is 4. The highest BCUT2D eigenvalue weighted by Gasteiger charge is 2.19. The van der Waals surface area contributed by atoms with Crippen LogP contribution in [0.15, 0.2) is 64.5 Å². The molecular formula is C16H13ClN2O3S2. The van der Waals surface area contributed by atoms with Gasteiger partial charge in [0.2, 0.25) is 0 Å². The SMILES string of the molecule is CS(=O)c1cccc(NS(=O)(=O)c2cccc3c(Cl)ccnc23)c1. The maximum Gasteiger partial charge on any atom is 0.264 e. The van der Waals surface area contributed by atoms with E-state index in [-0.39, 0.29) is 4.90 Å². The van der Waals surface area contributed by atoms with Gasteiger partial charge < -0.3 is 0 Å². The molecule has 0 fully saturated rings. The van der Waals surface area contributed by atoms with Gasteiger partial charge in [-0.15, -0.1) is 0 Å². The summed E-state index contributed by atoms with van der Waals surface area (Å²) in [7, 11) is -5.07. The number of aromatic nitrogens is 1. The van der Waals surface area contributed by atoms with Crippen LogP contribution in [-0.2, 0) is 20.8 Å². The first-order chi connectivity index (χ1) is 11.4. The third-order valence-electron chi connectivity index (χ3n) is 3.39. The van der Waals surface area contributed by atoms with Crippen LogP contribution in [0.2, 0.25) is 5.02 Å². The van der Waals surface area contributed by atoms with Crippen molar-refractivity contribution in [3.8, 4) is 0 Å². The van der Waals surface area contributed by atoms with Gasteiger partial charge >= 0.3 is 0 Å². The summed E-state index contributed by atoms with van der Waals surface area (Å²) in [5.41, 5.74) is 0.634. The maximum atomic E-state index is 12.7. The fourth-order valence-electron chi connectivity index (χ4n) is 2.28. The van der Waals surface area contributed by atoms with Crippen molar-refractivity contribution in [3.63, 3.8) is 0 Å². The first-order valence-electron chi connectivity index (χ1n) is 6.88. The Bertz CT molecular complexity index is 1050. The topological polar surface area (TPSA) is 76.1 Å². The van der Waals surface area contributed by atoms with Crippen molar-refractivity contribution < 1.29 is 12.6 Å². The van der Waals surface area contributed by atoms with E-state index in [1.165, 1.54) is 18.5 Å². The van der Waals surface area contributed by atoms with Crippen LogP contribution in [0, 0.1) is 0 Å². The zero-order valence-electron chi connectivity index (χ0n) is 12.6. The Balaban J connectivity index is 2.08. The average molecular weight is 381 g/mol. The Morgan fingerprint density at radius 1 is 1.12 bits per heavy atom. The van der Waals surface area contributed by atoms with Gasteiger partial charge in [-0.3, -0.25) is 13.9 Å². The highest BCUT2D eigenvalue weighted by Crippen LogP contribution is 2.28. The lowest BCUT2D eigenvalue weighted by Crippen LogP contribution is -2.14. The van der Waals surface area contributed by atoms with Crippen LogP contribution in [0.4, 0.5) is 5.69 Å². The summed E-state index contributed by atoms with van der Waals surface area (Å²) in [5.74, 6) is 0. The molecule has 5 nitrogen and oxygen atoms in total. The van der Waals surface area contributed by atoms with Crippen molar-refractivity contribution in [2.75, 3.05) is 11.0 Å². The second kappa shape index (κ2) is 6.51. The largest absolute Gasteiger partial charge is 0.280 e. The summed E-state index contributed by atoms with van der Waals surface area (Å²) in [6.07, 6.45) is 2.99. The summed E-state index contributed by atoms with van der Waals surface area (Å²) in [6, 6.07) is 12.9. The van der Waals surface area contributed by atoms with Crippen molar-refractivity contribution >= 4 is 49.0 Å². The first-order valence-corrected chi connectivity index (χ1v) is 10.3. The molecular weight excluding hydrogens is 368 g/mol. The van der Waals surface area contributed by atoms with Crippen LogP contribution >= 0.6 is 11.6 Å². The summed E-state index contributed by atoms with van der Waals surface area (Å²) in [4.78, 5) is 4.71. The first kappa shape index (κ1) is 16.9. The zero-order valence-corrected chi connectivity index (χ0v) is 15.0. The quantitative estimate of drug-likeness (QED) is 0.752. The Morgan fingerprint density at radius 3 is 2.62 bits per heavy atom. The minimum atomic E-state index is -3.87. The minimum absolute atomic E-state index is 0.0329. The monoisotopic (exact) mass is 380 g/mol. The standard InChI is InChI=1S/C16H13ClN2O3S2/c1-23(20)12-5-2-4-11(10-12)19-24(21,22)15-7-3-6-13-14(17)8-9-18-16(13)15/h2-10,19H,1H3. The molecule has 0 bridgehead atoms. The van der Waals surface area contributed by atoms with Crippen LogP contribution in [0.1, 0.15) is 0 Å². The molecule has 8 heteroatoms. The molecule has 1 unspecified atom stereocenters. The van der Waals surface area contributed by atoms with E-state index in [2.05, 4.69) is 9.71 Å². The fraction of sp³-hybridized carbons (Fsp3) is 0.0625. The number of anilines is 1. The molecule has 0 spiro atoms. The normalized spacial score (nSPS) is 12.9. The van der Waals surface area contributed by atoms with E-state index in [1.807, 2.05) is 0 Å². The van der Waals surface area contributed by atoms with Crippen molar-refractivity contribution in [2.24, 2.45) is 0 Å². The van der Waals surface area contributed by atoms with Crippen LogP contribution in [0.5, 0.6) is 0 Å². The van der Waals surface area contributed by atoms with Crippen LogP contribution in [0.25, 0.3) is 10.9 Å². The van der Waals surface area contributed by atoms with Gasteiger partial charge in [-0.05, 0) is 30.3 Å². The molecule has 0 aliphatic carbocycles. The molecule has 0 saturated heterocycles. The fourth-order valence-corrected chi connectivity index (χ4v) is 4.27. The average Bonchev–Trinajstić information content (AvgIpc) is 2.54. The number of hydrogen-bond acceptors (Lipinski definition) is 4. The summed E-state index contributed by atoms with van der Waals surface area (Å²) in [6.45, 7) is 0. The number of hydrogen-bond donors (Lipinski definition) is 1. The molecule has 24 heavy (non-hydrogen) atoms. The van der Waals surface area contributed by atoms with Gasteiger partial charge in [0, 0.05) is 33.5 Å². The molecule has 3 aromatic rings. The molecule has 2 aromatic carbocycles. The summed E-state index contributed by atoms with van der Waals surface area (Å²) < 4.78 is 39.5. The van der Waals surface area contributed by atoms with Gasteiger partial charge in [0.25, 0.3) is 10.0 Å². The van der Waals surface area contributed by atoms with E-state index < -0.39 is 20.8 Å². The Morgan fingerprint density at radius 2 is 1.88 bits per heavy atom. The number of fused-ring (bicyclic) bond motifs is 1. The highest BCUT2D eigenvalue weighted by atomic mass is 35.5. The molecule has 1 N–H and O–H groups in total. The molecule has 0 amide bonds. The van der Waals surface area contributed by atoms with E-state index in [0.717, 1.165) is 0 Å². The lowest BCUT2D eigenvalue weighted by molar-refractivity contribution is 0.602. The summed E-state index contributed by atoms with van der Waals surface area (Å²) >= 11 is 6.11. The predicted molar refractivity (Wildman–Crippen MR) is 96.3 cm³/mol. The van der Waals surface area contributed by atoms with Crippen LogP contribution in [0.3, 0.4) is 0 Å². The van der Waals surface area contributed by atoms with Crippen molar-refractivity contribution in [2.45, 2.75) is 9.79 Å². The number of halogens is 1. The highest BCUT2D eigenvalue weighted by molar-refractivity contribution is 7.93. The second-order valence-electron chi connectivity index (χ2n) is 5.03. The molecule has 0 aliphatic heterocycles. The van der Waals surface area contributed by atoms with Gasteiger partial charge in [0.1, 0.15) is 4.90 Å². The van der Waals surface area contributed by atoms with Crippen molar-refractivity contribution in [1.82, 2.24) is 4.98 Å². The number of nitrogens with one attached hydrogen (secondary N) is 1. The third-order valence-corrected chi connectivity index (χ3v) is 6.05. The van der Waals surface area contributed by atoms with Gasteiger partial charge in [-0.25, -0.2) is 8.42 Å². The molecule has 1 heterocycles. The Labute approximate surface area is 147 Å². The zero-order chi connectivity index (χ0) is 17.3. The van der Waals surface area contributed by atoms with E-state index in [4.69, 9.17) is 11.6 Å². The Hall–Kier alpha value is -1.96. The maximum absolute atomic E-state index is 12.7. The third kappa shape index (κ3) is 3.28. The van der Waals surface area contributed by atoms with E-state index in [1.54, 1.807) is 42.5 Å².